The van der Waals surface area contributed by atoms with Gasteiger partial charge in [0.15, 0.2) is 0 Å². The van der Waals surface area contributed by atoms with Gasteiger partial charge in [0, 0.05) is 6.04 Å². The molecule has 2 unspecified atom stereocenters. The molecule has 0 aromatic rings. The summed E-state index contributed by atoms with van der Waals surface area (Å²) in [4.78, 5) is 0. The minimum atomic E-state index is 0.588. The molecule has 2 aliphatic rings. The molecule has 1 saturated heterocycles. The monoisotopic (exact) mass is 238 g/mol. The Kier molecular flexibility index (Phi) is 4.87. The molecule has 0 spiro atoms. The summed E-state index contributed by atoms with van der Waals surface area (Å²) in [5.74, 6) is 0.950. The standard InChI is InChI=1S/C15H30N2/c1-15(2)8-7-14(11-15)17-10-4-6-13-5-3-9-16-12-13/h13-14,16-17H,3-12H2,1-2H3. The van der Waals surface area contributed by atoms with Crippen molar-refractivity contribution >= 4 is 0 Å². The first-order valence-electron chi connectivity index (χ1n) is 7.60. The summed E-state index contributed by atoms with van der Waals surface area (Å²) in [6, 6.07) is 0.800. The van der Waals surface area contributed by atoms with Crippen molar-refractivity contribution in [1.29, 1.82) is 0 Å². The maximum absolute atomic E-state index is 3.76. The Balaban J connectivity index is 1.51. The molecule has 0 aromatic carbocycles. The smallest absolute Gasteiger partial charge is 0.00723 e. The molecular weight excluding hydrogens is 208 g/mol. The molecule has 1 aliphatic heterocycles. The summed E-state index contributed by atoms with van der Waals surface area (Å²) in [6.45, 7) is 8.55. The molecule has 1 heterocycles. The van der Waals surface area contributed by atoms with Crippen LogP contribution in [0.1, 0.15) is 58.8 Å². The Hall–Kier alpha value is -0.0800. The van der Waals surface area contributed by atoms with Gasteiger partial charge in [-0.1, -0.05) is 13.8 Å². The van der Waals surface area contributed by atoms with E-state index in [-0.39, 0.29) is 0 Å². The fraction of sp³-hybridized carbons (Fsp3) is 1.00. The fourth-order valence-electron chi connectivity index (χ4n) is 3.48. The number of nitrogens with one attached hydrogen (secondary N) is 2. The molecule has 2 nitrogen and oxygen atoms in total. The van der Waals surface area contributed by atoms with Gasteiger partial charge in [-0.15, -0.1) is 0 Å². The van der Waals surface area contributed by atoms with E-state index in [0.717, 1.165) is 12.0 Å². The van der Waals surface area contributed by atoms with E-state index >= 15 is 0 Å². The third-order valence-corrected chi connectivity index (χ3v) is 4.59. The van der Waals surface area contributed by atoms with Crippen LogP contribution >= 0.6 is 0 Å². The number of rotatable bonds is 5. The molecule has 0 amide bonds. The van der Waals surface area contributed by atoms with Gasteiger partial charge in [-0.3, -0.25) is 0 Å². The third-order valence-electron chi connectivity index (χ3n) is 4.59. The summed E-state index contributed by atoms with van der Waals surface area (Å²) in [5, 5.41) is 7.26. The quantitative estimate of drug-likeness (QED) is 0.720. The van der Waals surface area contributed by atoms with Gasteiger partial charge in [0.1, 0.15) is 0 Å². The van der Waals surface area contributed by atoms with Gasteiger partial charge in [-0.05, 0) is 75.9 Å². The highest BCUT2D eigenvalue weighted by Crippen LogP contribution is 2.36. The molecule has 1 saturated carbocycles. The zero-order valence-corrected chi connectivity index (χ0v) is 11.7. The maximum atomic E-state index is 3.76. The van der Waals surface area contributed by atoms with Crippen LogP contribution < -0.4 is 10.6 Å². The van der Waals surface area contributed by atoms with E-state index < -0.39 is 0 Å². The van der Waals surface area contributed by atoms with Crippen LogP contribution in [-0.4, -0.2) is 25.7 Å². The number of hydrogen-bond donors (Lipinski definition) is 2. The lowest BCUT2D eigenvalue weighted by atomic mass is 9.92. The molecular formula is C15H30N2. The second-order valence-corrected chi connectivity index (χ2v) is 6.91. The minimum Gasteiger partial charge on any atom is -0.316 e. The van der Waals surface area contributed by atoms with E-state index in [1.54, 1.807) is 0 Å². The highest BCUT2D eigenvalue weighted by Gasteiger charge is 2.30. The van der Waals surface area contributed by atoms with Crippen molar-refractivity contribution in [1.82, 2.24) is 10.6 Å². The predicted molar refractivity (Wildman–Crippen MR) is 74.3 cm³/mol. The zero-order valence-electron chi connectivity index (χ0n) is 11.7. The van der Waals surface area contributed by atoms with Crippen LogP contribution in [0, 0.1) is 11.3 Å². The SMILES string of the molecule is CC1(C)CCC(NCCCC2CCCNC2)C1. The molecule has 17 heavy (non-hydrogen) atoms. The first kappa shape index (κ1) is 13.4. The van der Waals surface area contributed by atoms with E-state index in [2.05, 4.69) is 24.5 Å². The summed E-state index contributed by atoms with van der Waals surface area (Å²) in [5.41, 5.74) is 0.588. The molecule has 0 bridgehead atoms. The van der Waals surface area contributed by atoms with Gasteiger partial charge in [0.2, 0.25) is 0 Å². The first-order chi connectivity index (χ1) is 8.16. The van der Waals surface area contributed by atoms with Gasteiger partial charge in [-0.2, -0.15) is 0 Å². The van der Waals surface area contributed by atoms with Crippen LogP contribution in [0.4, 0.5) is 0 Å². The van der Waals surface area contributed by atoms with Crippen LogP contribution in [0.3, 0.4) is 0 Å². The van der Waals surface area contributed by atoms with E-state index in [0.29, 0.717) is 5.41 Å². The number of piperidine rings is 1. The second kappa shape index (κ2) is 6.19. The molecule has 100 valence electrons. The van der Waals surface area contributed by atoms with Crippen LogP contribution in [0.5, 0.6) is 0 Å². The first-order valence-corrected chi connectivity index (χ1v) is 7.60. The topological polar surface area (TPSA) is 24.1 Å². The predicted octanol–water partition coefficient (Wildman–Crippen LogP) is 2.93. The van der Waals surface area contributed by atoms with Crippen molar-refractivity contribution < 1.29 is 0 Å². The highest BCUT2D eigenvalue weighted by molar-refractivity contribution is 4.86. The van der Waals surface area contributed by atoms with Crippen molar-refractivity contribution in [2.75, 3.05) is 19.6 Å². The van der Waals surface area contributed by atoms with E-state index in [4.69, 9.17) is 0 Å². The van der Waals surface area contributed by atoms with Crippen molar-refractivity contribution in [3.8, 4) is 0 Å². The average Bonchev–Trinajstić information content (AvgIpc) is 2.66. The van der Waals surface area contributed by atoms with Crippen molar-refractivity contribution in [2.45, 2.75) is 64.8 Å². The minimum absolute atomic E-state index is 0.588. The van der Waals surface area contributed by atoms with E-state index in [9.17, 15) is 0 Å². The molecule has 0 aromatic heterocycles. The Labute approximate surface area is 107 Å². The second-order valence-electron chi connectivity index (χ2n) is 6.91. The lowest BCUT2D eigenvalue weighted by Crippen LogP contribution is -2.31. The fourth-order valence-corrected chi connectivity index (χ4v) is 3.48. The number of hydrogen-bond acceptors (Lipinski definition) is 2. The lowest BCUT2D eigenvalue weighted by Gasteiger charge is -2.23. The Morgan fingerprint density at radius 1 is 1.29 bits per heavy atom. The largest absolute Gasteiger partial charge is 0.316 e. The van der Waals surface area contributed by atoms with E-state index in [1.807, 2.05) is 0 Å². The molecule has 2 atom stereocenters. The van der Waals surface area contributed by atoms with E-state index in [1.165, 1.54) is 64.6 Å². The normalized spacial score (nSPS) is 32.8. The maximum Gasteiger partial charge on any atom is 0.00723 e. The molecule has 2 N–H and O–H groups in total. The van der Waals surface area contributed by atoms with Gasteiger partial charge in [0.25, 0.3) is 0 Å². The molecule has 1 aliphatic carbocycles. The van der Waals surface area contributed by atoms with Gasteiger partial charge in [0.05, 0.1) is 0 Å². The van der Waals surface area contributed by atoms with Crippen LogP contribution in [-0.2, 0) is 0 Å². The Morgan fingerprint density at radius 2 is 2.18 bits per heavy atom. The van der Waals surface area contributed by atoms with Crippen LogP contribution in [0.25, 0.3) is 0 Å². The summed E-state index contributed by atoms with van der Waals surface area (Å²) in [6.07, 6.45) is 9.77. The summed E-state index contributed by atoms with van der Waals surface area (Å²) in [7, 11) is 0. The molecule has 2 heteroatoms. The van der Waals surface area contributed by atoms with Crippen molar-refractivity contribution in [2.24, 2.45) is 11.3 Å². The van der Waals surface area contributed by atoms with Crippen LogP contribution in [0.15, 0.2) is 0 Å². The summed E-state index contributed by atoms with van der Waals surface area (Å²) < 4.78 is 0. The Bertz CT molecular complexity index is 219. The van der Waals surface area contributed by atoms with Crippen molar-refractivity contribution in [3.63, 3.8) is 0 Å². The lowest BCUT2D eigenvalue weighted by molar-refractivity contribution is 0.339. The van der Waals surface area contributed by atoms with Crippen molar-refractivity contribution in [3.05, 3.63) is 0 Å². The highest BCUT2D eigenvalue weighted by atomic mass is 14.9. The molecule has 2 fully saturated rings. The average molecular weight is 238 g/mol. The Morgan fingerprint density at radius 3 is 2.82 bits per heavy atom. The summed E-state index contributed by atoms with van der Waals surface area (Å²) >= 11 is 0. The molecule has 2 rings (SSSR count). The van der Waals surface area contributed by atoms with Gasteiger partial charge >= 0.3 is 0 Å². The third kappa shape index (κ3) is 4.59. The van der Waals surface area contributed by atoms with Gasteiger partial charge < -0.3 is 10.6 Å². The molecule has 0 radical (unpaired) electrons. The van der Waals surface area contributed by atoms with Gasteiger partial charge in [-0.25, -0.2) is 0 Å². The van der Waals surface area contributed by atoms with Crippen LogP contribution in [0.2, 0.25) is 0 Å². The zero-order chi connectivity index (χ0) is 12.1.